The average molecular weight is 334 g/mol. The minimum absolute atomic E-state index is 0.141. The molecule has 0 radical (unpaired) electrons. The van der Waals surface area contributed by atoms with Crippen LogP contribution in [0, 0.1) is 16.0 Å². The van der Waals surface area contributed by atoms with Crippen molar-refractivity contribution >= 4 is 11.4 Å². The van der Waals surface area contributed by atoms with Gasteiger partial charge in [0.15, 0.2) is 0 Å². The molecule has 0 unspecified atom stereocenters. The number of fused-ring (bicyclic) bond motifs is 3. The summed E-state index contributed by atoms with van der Waals surface area (Å²) < 4.78 is 0. The first-order valence-electron chi connectivity index (χ1n) is 8.86. The van der Waals surface area contributed by atoms with Crippen LogP contribution in [0.5, 0.6) is 0 Å². The molecule has 3 atom stereocenters. The lowest BCUT2D eigenvalue weighted by molar-refractivity contribution is -0.384. The van der Waals surface area contributed by atoms with Gasteiger partial charge in [0, 0.05) is 23.7 Å². The lowest BCUT2D eigenvalue weighted by atomic mass is 9.76. The summed E-state index contributed by atoms with van der Waals surface area (Å²) in [5.41, 5.74) is 5.18. The smallest absolute Gasteiger partial charge is 0.269 e. The summed E-state index contributed by atoms with van der Waals surface area (Å²) in [6.07, 6.45) is 5.63. The van der Waals surface area contributed by atoms with Crippen LogP contribution in [0.2, 0.25) is 0 Å². The van der Waals surface area contributed by atoms with E-state index in [4.69, 9.17) is 0 Å². The fourth-order valence-corrected chi connectivity index (χ4v) is 4.11. The molecule has 2 aromatic rings. The Balaban J connectivity index is 1.71. The molecule has 2 aromatic carbocycles. The molecule has 25 heavy (non-hydrogen) atoms. The van der Waals surface area contributed by atoms with Crippen molar-refractivity contribution in [3.63, 3.8) is 0 Å². The third kappa shape index (κ3) is 2.72. The summed E-state index contributed by atoms with van der Waals surface area (Å²) in [4.78, 5) is 10.6. The molecule has 0 fully saturated rings. The average Bonchev–Trinajstić information content (AvgIpc) is 3.10. The molecule has 0 spiro atoms. The van der Waals surface area contributed by atoms with Gasteiger partial charge in [-0.25, -0.2) is 0 Å². The lowest BCUT2D eigenvalue weighted by Crippen LogP contribution is -2.29. The van der Waals surface area contributed by atoms with E-state index in [0.29, 0.717) is 17.8 Å². The van der Waals surface area contributed by atoms with Crippen LogP contribution in [0.1, 0.15) is 54.8 Å². The minimum Gasteiger partial charge on any atom is -0.378 e. The number of hydrogen-bond donors (Lipinski definition) is 1. The number of allylic oxidation sites excluding steroid dienone is 2. The standard InChI is InChI=1S/C21H22N2O2/c1-13(2)15-8-11-20-19(12-15)17-4-3-5-18(17)21(22-20)14-6-9-16(10-7-14)23(24)25/h3-4,6-13,17-18,21-22H,5H2,1-2H3/t17-,18+,21-/m1/s1. The van der Waals surface area contributed by atoms with Gasteiger partial charge in [-0.3, -0.25) is 10.1 Å². The predicted molar refractivity (Wildman–Crippen MR) is 100.0 cm³/mol. The molecular weight excluding hydrogens is 312 g/mol. The second kappa shape index (κ2) is 6.03. The van der Waals surface area contributed by atoms with E-state index in [-0.39, 0.29) is 16.7 Å². The van der Waals surface area contributed by atoms with Crippen LogP contribution in [0.25, 0.3) is 0 Å². The molecule has 4 nitrogen and oxygen atoms in total. The van der Waals surface area contributed by atoms with E-state index in [2.05, 4.69) is 49.5 Å². The highest BCUT2D eigenvalue weighted by Crippen LogP contribution is 2.50. The summed E-state index contributed by atoms with van der Waals surface area (Å²) in [6, 6.07) is 13.9. The van der Waals surface area contributed by atoms with Gasteiger partial charge < -0.3 is 5.32 Å². The Labute approximate surface area is 147 Å². The molecule has 0 bridgehead atoms. The van der Waals surface area contributed by atoms with E-state index >= 15 is 0 Å². The van der Waals surface area contributed by atoms with E-state index < -0.39 is 0 Å². The number of benzene rings is 2. The Bertz CT molecular complexity index is 839. The Hall–Kier alpha value is -2.62. The number of non-ortho nitro benzene ring substituents is 1. The van der Waals surface area contributed by atoms with Crippen molar-refractivity contribution < 1.29 is 4.92 Å². The summed E-state index contributed by atoms with van der Waals surface area (Å²) in [5, 5.41) is 14.6. The van der Waals surface area contributed by atoms with Gasteiger partial charge in [-0.2, -0.15) is 0 Å². The van der Waals surface area contributed by atoms with E-state index in [9.17, 15) is 10.1 Å². The predicted octanol–water partition coefficient (Wildman–Crippen LogP) is 5.54. The second-order valence-electron chi connectivity index (χ2n) is 7.33. The number of nitro groups is 1. The highest BCUT2D eigenvalue weighted by Gasteiger charge is 2.38. The summed E-state index contributed by atoms with van der Waals surface area (Å²) in [7, 11) is 0. The molecule has 1 aliphatic carbocycles. The van der Waals surface area contributed by atoms with Crippen LogP contribution in [0.15, 0.2) is 54.6 Å². The topological polar surface area (TPSA) is 55.2 Å². The van der Waals surface area contributed by atoms with Crippen molar-refractivity contribution in [2.45, 2.75) is 38.1 Å². The Morgan fingerprint density at radius 3 is 2.60 bits per heavy atom. The molecule has 4 heteroatoms. The van der Waals surface area contributed by atoms with Crippen LogP contribution in [0.4, 0.5) is 11.4 Å². The van der Waals surface area contributed by atoms with Crippen molar-refractivity contribution in [1.82, 2.24) is 0 Å². The van der Waals surface area contributed by atoms with E-state index in [1.807, 2.05) is 12.1 Å². The SMILES string of the molecule is CC(C)c1ccc2c(c1)[C@@H]1C=CC[C@@H]1[C@@H](c1ccc([N+](=O)[O-])cc1)N2. The van der Waals surface area contributed by atoms with Crippen LogP contribution in [0.3, 0.4) is 0 Å². The maximum Gasteiger partial charge on any atom is 0.269 e. The highest BCUT2D eigenvalue weighted by molar-refractivity contribution is 5.61. The molecule has 1 heterocycles. The summed E-state index contributed by atoms with van der Waals surface area (Å²) >= 11 is 0. The molecule has 0 amide bonds. The molecule has 0 saturated carbocycles. The van der Waals surface area contributed by atoms with Crippen LogP contribution in [-0.4, -0.2) is 4.92 Å². The monoisotopic (exact) mass is 334 g/mol. The number of rotatable bonds is 3. The van der Waals surface area contributed by atoms with Gasteiger partial charge in [-0.15, -0.1) is 0 Å². The van der Waals surface area contributed by atoms with Crippen molar-refractivity contribution in [1.29, 1.82) is 0 Å². The van der Waals surface area contributed by atoms with Gasteiger partial charge in [0.05, 0.1) is 11.0 Å². The minimum atomic E-state index is -0.346. The van der Waals surface area contributed by atoms with Crippen LogP contribution >= 0.6 is 0 Å². The second-order valence-corrected chi connectivity index (χ2v) is 7.33. The van der Waals surface area contributed by atoms with Crippen LogP contribution in [-0.2, 0) is 0 Å². The quantitative estimate of drug-likeness (QED) is 0.455. The fourth-order valence-electron chi connectivity index (χ4n) is 4.11. The normalized spacial score (nSPS) is 23.9. The first-order chi connectivity index (χ1) is 12.0. The summed E-state index contributed by atoms with van der Waals surface area (Å²) in [5.74, 6) is 1.38. The highest BCUT2D eigenvalue weighted by atomic mass is 16.6. The zero-order chi connectivity index (χ0) is 17.6. The van der Waals surface area contributed by atoms with Gasteiger partial charge in [0.1, 0.15) is 0 Å². The van der Waals surface area contributed by atoms with Crippen molar-refractivity contribution in [2.24, 2.45) is 5.92 Å². The largest absolute Gasteiger partial charge is 0.378 e. The van der Waals surface area contributed by atoms with Gasteiger partial charge in [0.2, 0.25) is 0 Å². The van der Waals surface area contributed by atoms with E-state index in [0.717, 1.165) is 12.0 Å². The van der Waals surface area contributed by atoms with Gasteiger partial charge in [-0.05, 0) is 41.0 Å². The fraction of sp³-hybridized carbons (Fsp3) is 0.333. The third-order valence-corrected chi connectivity index (χ3v) is 5.52. The Kier molecular flexibility index (Phi) is 3.83. The zero-order valence-corrected chi connectivity index (χ0v) is 14.5. The van der Waals surface area contributed by atoms with Crippen molar-refractivity contribution in [3.05, 3.63) is 81.4 Å². The zero-order valence-electron chi connectivity index (χ0n) is 14.5. The number of nitro benzene ring substituents is 1. The van der Waals surface area contributed by atoms with Gasteiger partial charge in [-0.1, -0.05) is 50.3 Å². The molecule has 1 aliphatic heterocycles. The number of anilines is 1. The number of nitrogens with one attached hydrogen (secondary N) is 1. The molecule has 2 aliphatic rings. The first kappa shape index (κ1) is 15.9. The Morgan fingerprint density at radius 1 is 1.16 bits per heavy atom. The Morgan fingerprint density at radius 2 is 1.92 bits per heavy atom. The van der Waals surface area contributed by atoms with Crippen LogP contribution < -0.4 is 5.32 Å². The van der Waals surface area contributed by atoms with Crippen molar-refractivity contribution in [2.75, 3.05) is 5.32 Å². The maximum atomic E-state index is 10.9. The van der Waals surface area contributed by atoms with Gasteiger partial charge >= 0.3 is 0 Å². The molecule has 1 N–H and O–H groups in total. The number of nitrogens with zero attached hydrogens (tertiary/aromatic N) is 1. The first-order valence-corrected chi connectivity index (χ1v) is 8.86. The van der Waals surface area contributed by atoms with E-state index in [1.54, 1.807) is 12.1 Å². The van der Waals surface area contributed by atoms with E-state index in [1.165, 1.54) is 16.8 Å². The summed E-state index contributed by atoms with van der Waals surface area (Å²) in [6.45, 7) is 4.44. The molecule has 128 valence electrons. The molecule has 4 rings (SSSR count). The number of hydrogen-bond acceptors (Lipinski definition) is 3. The molecular formula is C21H22N2O2. The van der Waals surface area contributed by atoms with Gasteiger partial charge in [0.25, 0.3) is 5.69 Å². The third-order valence-electron chi connectivity index (χ3n) is 5.52. The maximum absolute atomic E-state index is 10.9. The lowest BCUT2D eigenvalue weighted by Gasteiger charge is -2.38. The molecule has 0 aromatic heterocycles. The van der Waals surface area contributed by atoms with Crippen molar-refractivity contribution in [3.8, 4) is 0 Å². The molecule has 0 saturated heterocycles.